The number of nitrogens with zero attached hydrogens (tertiary/aromatic N) is 1. The standard InChI is InChI=1S/C14H11NO2S/c16-13(17)8-7-12-15-11-6-5-9-3-1-2-4-10(9)14(11)18-12/h1-6H,7-8H2,(H,16,17)/p-1. The van der Waals surface area contributed by atoms with Gasteiger partial charge >= 0.3 is 0 Å². The average Bonchev–Trinajstić information content (AvgIpc) is 2.79. The molecule has 0 atom stereocenters. The zero-order valence-corrected chi connectivity index (χ0v) is 10.4. The summed E-state index contributed by atoms with van der Waals surface area (Å²) in [7, 11) is 0. The number of aromatic nitrogens is 1. The van der Waals surface area contributed by atoms with Crippen LogP contribution in [-0.2, 0) is 11.2 Å². The fraction of sp³-hybridized carbons (Fsp3) is 0.143. The molecule has 90 valence electrons. The fourth-order valence-corrected chi connectivity index (χ4v) is 3.12. The SMILES string of the molecule is O=C([O-])CCc1nc2ccc3ccccc3c2s1. The Bertz CT molecular complexity index is 733. The van der Waals surface area contributed by atoms with Gasteiger partial charge in [-0.15, -0.1) is 11.3 Å². The van der Waals surface area contributed by atoms with E-state index < -0.39 is 5.97 Å². The van der Waals surface area contributed by atoms with E-state index in [4.69, 9.17) is 0 Å². The Labute approximate surface area is 108 Å². The van der Waals surface area contributed by atoms with Gasteiger partial charge in [-0.1, -0.05) is 30.3 Å². The molecule has 3 aromatic rings. The van der Waals surface area contributed by atoms with Crippen molar-refractivity contribution in [3.8, 4) is 0 Å². The Kier molecular flexibility index (Phi) is 2.72. The number of rotatable bonds is 3. The van der Waals surface area contributed by atoms with E-state index in [1.54, 1.807) is 11.3 Å². The highest BCUT2D eigenvalue weighted by atomic mass is 32.1. The number of aliphatic carboxylic acids is 1. The topological polar surface area (TPSA) is 53.0 Å². The first kappa shape index (κ1) is 11.2. The second kappa shape index (κ2) is 4.38. The maximum absolute atomic E-state index is 10.5. The maximum Gasteiger partial charge on any atom is 0.0942 e. The molecule has 1 aromatic heterocycles. The third kappa shape index (κ3) is 1.95. The number of aryl methyl sites for hydroxylation is 1. The van der Waals surface area contributed by atoms with Crippen molar-refractivity contribution >= 4 is 38.3 Å². The molecule has 0 saturated carbocycles. The minimum Gasteiger partial charge on any atom is -0.550 e. The van der Waals surface area contributed by atoms with Crippen LogP contribution in [0.2, 0.25) is 0 Å². The van der Waals surface area contributed by atoms with Gasteiger partial charge in [0.1, 0.15) is 0 Å². The van der Waals surface area contributed by atoms with Gasteiger partial charge in [0.05, 0.1) is 15.2 Å². The van der Waals surface area contributed by atoms with Gasteiger partial charge in [-0.25, -0.2) is 4.98 Å². The lowest BCUT2D eigenvalue weighted by atomic mass is 10.1. The summed E-state index contributed by atoms with van der Waals surface area (Å²) < 4.78 is 1.13. The first-order valence-corrected chi connectivity index (χ1v) is 6.53. The summed E-state index contributed by atoms with van der Waals surface area (Å²) in [5, 5.41) is 13.7. The Morgan fingerprint density at radius 3 is 2.89 bits per heavy atom. The highest BCUT2D eigenvalue weighted by molar-refractivity contribution is 7.19. The van der Waals surface area contributed by atoms with E-state index in [1.165, 1.54) is 10.8 Å². The van der Waals surface area contributed by atoms with Crippen LogP contribution in [-0.4, -0.2) is 11.0 Å². The predicted molar refractivity (Wildman–Crippen MR) is 70.5 cm³/mol. The molecule has 3 nitrogen and oxygen atoms in total. The summed E-state index contributed by atoms with van der Waals surface area (Å²) >= 11 is 1.57. The van der Waals surface area contributed by atoms with E-state index >= 15 is 0 Å². The van der Waals surface area contributed by atoms with Crippen LogP contribution in [0, 0.1) is 0 Å². The van der Waals surface area contributed by atoms with Crippen molar-refractivity contribution in [2.75, 3.05) is 0 Å². The van der Waals surface area contributed by atoms with E-state index in [1.807, 2.05) is 24.3 Å². The molecule has 0 aliphatic rings. The second-order valence-corrected chi connectivity index (χ2v) is 5.20. The van der Waals surface area contributed by atoms with Gasteiger partial charge in [0, 0.05) is 17.8 Å². The Hall–Kier alpha value is -1.94. The van der Waals surface area contributed by atoms with Gasteiger partial charge in [0.15, 0.2) is 0 Å². The number of carbonyl (C=O) groups is 1. The first-order valence-electron chi connectivity index (χ1n) is 5.71. The van der Waals surface area contributed by atoms with Crippen molar-refractivity contribution in [1.29, 1.82) is 0 Å². The average molecular weight is 256 g/mol. The van der Waals surface area contributed by atoms with E-state index in [0.29, 0.717) is 6.42 Å². The van der Waals surface area contributed by atoms with Gasteiger partial charge < -0.3 is 9.90 Å². The largest absolute Gasteiger partial charge is 0.550 e. The van der Waals surface area contributed by atoms with Crippen LogP contribution in [0.25, 0.3) is 21.0 Å². The molecule has 0 N–H and O–H groups in total. The maximum atomic E-state index is 10.5. The molecule has 3 rings (SSSR count). The lowest BCUT2D eigenvalue weighted by molar-refractivity contribution is -0.305. The normalized spacial score (nSPS) is 11.1. The molecule has 0 radical (unpaired) electrons. The lowest BCUT2D eigenvalue weighted by Gasteiger charge is -1.97. The number of carbonyl (C=O) groups excluding carboxylic acids is 1. The van der Waals surface area contributed by atoms with Crippen molar-refractivity contribution in [1.82, 2.24) is 4.98 Å². The monoisotopic (exact) mass is 256 g/mol. The zero-order valence-electron chi connectivity index (χ0n) is 9.55. The quantitative estimate of drug-likeness (QED) is 0.721. The van der Waals surface area contributed by atoms with E-state index in [-0.39, 0.29) is 6.42 Å². The summed E-state index contributed by atoms with van der Waals surface area (Å²) in [5.41, 5.74) is 0.937. The minimum atomic E-state index is -1.03. The van der Waals surface area contributed by atoms with Gasteiger partial charge in [-0.2, -0.15) is 0 Å². The molecule has 1 heterocycles. The molecule has 0 saturated heterocycles. The molecule has 0 spiro atoms. The van der Waals surface area contributed by atoms with Gasteiger partial charge in [0.2, 0.25) is 0 Å². The number of fused-ring (bicyclic) bond motifs is 3. The fourth-order valence-electron chi connectivity index (χ4n) is 2.02. The third-order valence-corrected chi connectivity index (χ3v) is 4.03. The molecule has 0 unspecified atom stereocenters. The molecule has 0 aliphatic carbocycles. The van der Waals surface area contributed by atoms with Crippen LogP contribution in [0.4, 0.5) is 0 Å². The first-order chi connectivity index (χ1) is 8.74. The van der Waals surface area contributed by atoms with Crippen molar-refractivity contribution in [3.63, 3.8) is 0 Å². The zero-order chi connectivity index (χ0) is 12.5. The summed E-state index contributed by atoms with van der Waals surface area (Å²) in [6.07, 6.45) is 0.466. The van der Waals surface area contributed by atoms with Crippen molar-refractivity contribution in [3.05, 3.63) is 41.4 Å². The van der Waals surface area contributed by atoms with Crippen LogP contribution >= 0.6 is 11.3 Å². The summed E-state index contributed by atoms with van der Waals surface area (Å²) in [5.74, 6) is -1.03. The summed E-state index contributed by atoms with van der Waals surface area (Å²) in [6.45, 7) is 0. The van der Waals surface area contributed by atoms with E-state index in [0.717, 1.165) is 15.2 Å². The Balaban J connectivity index is 2.11. The molecule has 4 heteroatoms. The molecule has 0 bridgehead atoms. The Morgan fingerprint density at radius 2 is 2.06 bits per heavy atom. The van der Waals surface area contributed by atoms with Gasteiger partial charge in [0.25, 0.3) is 0 Å². The molecule has 0 amide bonds. The van der Waals surface area contributed by atoms with Crippen LogP contribution in [0.5, 0.6) is 0 Å². The Morgan fingerprint density at radius 1 is 1.22 bits per heavy atom. The van der Waals surface area contributed by atoms with Crippen LogP contribution in [0.15, 0.2) is 36.4 Å². The number of benzene rings is 2. The molecule has 18 heavy (non-hydrogen) atoms. The number of carboxylic acid groups (broad SMARTS) is 1. The number of carboxylic acids is 1. The van der Waals surface area contributed by atoms with E-state index in [2.05, 4.69) is 17.1 Å². The van der Waals surface area contributed by atoms with Crippen LogP contribution < -0.4 is 5.11 Å². The van der Waals surface area contributed by atoms with Crippen molar-refractivity contribution < 1.29 is 9.90 Å². The van der Waals surface area contributed by atoms with Gasteiger partial charge in [-0.05, 0) is 17.9 Å². The summed E-state index contributed by atoms with van der Waals surface area (Å²) in [6, 6.07) is 12.2. The van der Waals surface area contributed by atoms with Crippen LogP contribution in [0.1, 0.15) is 11.4 Å². The second-order valence-electron chi connectivity index (χ2n) is 4.11. The number of hydrogen-bond acceptors (Lipinski definition) is 4. The van der Waals surface area contributed by atoms with E-state index in [9.17, 15) is 9.90 Å². The molecule has 0 aliphatic heterocycles. The minimum absolute atomic E-state index is 0.0256. The van der Waals surface area contributed by atoms with Crippen LogP contribution in [0.3, 0.4) is 0 Å². The highest BCUT2D eigenvalue weighted by Gasteiger charge is 2.07. The van der Waals surface area contributed by atoms with Crippen molar-refractivity contribution in [2.24, 2.45) is 0 Å². The molecular weight excluding hydrogens is 246 g/mol. The summed E-state index contributed by atoms with van der Waals surface area (Å²) in [4.78, 5) is 14.9. The van der Waals surface area contributed by atoms with Gasteiger partial charge in [-0.3, -0.25) is 0 Å². The number of thiazole rings is 1. The smallest absolute Gasteiger partial charge is 0.0942 e. The number of hydrogen-bond donors (Lipinski definition) is 0. The molecule has 0 fully saturated rings. The molecular formula is C14H10NO2S-. The lowest BCUT2D eigenvalue weighted by Crippen LogP contribution is -2.22. The van der Waals surface area contributed by atoms with Crippen molar-refractivity contribution in [2.45, 2.75) is 12.8 Å². The molecule has 2 aromatic carbocycles. The third-order valence-electron chi connectivity index (χ3n) is 2.87. The highest BCUT2D eigenvalue weighted by Crippen LogP contribution is 2.30. The predicted octanol–water partition coefficient (Wildman–Crippen LogP) is 2.13.